The molecule has 0 radical (unpaired) electrons. The first-order valence-electron chi connectivity index (χ1n) is 3.34. The van der Waals surface area contributed by atoms with E-state index in [1.165, 1.54) is 19.4 Å². The summed E-state index contributed by atoms with van der Waals surface area (Å²) in [5.41, 5.74) is 0. The van der Waals surface area contributed by atoms with E-state index < -0.39 is 10.3 Å². The Balaban J connectivity index is 3.07. The van der Waals surface area contributed by atoms with Crippen molar-refractivity contribution >= 4 is 21.9 Å². The van der Waals surface area contributed by atoms with Gasteiger partial charge in [0.05, 0.1) is 13.3 Å². The van der Waals surface area contributed by atoms with Gasteiger partial charge in [-0.2, -0.15) is 13.6 Å². The van der Waals surface area contributed by atoms with Crippen molar-refractivity contribution in [1.82, 2.24) is 4.98 Å². The molecule has 0 amide bonds. The molecule has 0 aliphatic carbocycles. The van der Waals surface area contributed by atoms with Gasteiger partial charge in [0.15, 0.2) is 5.75 Å². The highest BCUT2D eigenvalue weighted by Crippen LogP contribution is 2.27. The van der Waals surface area contributed by atoms with Crippen LogP contribution in [0.4, 0.5) is 0 Å². The molecule has 2 N–H and O–H groups in total. The minimum atomic E-state index is -4.09. The Morgan fingerprint density at radius 2 is 2.21 bits per heavy atom. The second kappa shape index (κ2) is 3.99. The van der Waals surface area contributed by atoms with Crippen molar-refractivity contribution in [3.05, 3.63) is 17.3 Å². The third-order valence-corrected chi connectivity index (χ3v) is 1.91. The van der Waals surface area contributed by atoms with Crippen LogP contribution in [0.15, 0.2) is 12.3 Å². The molecule has 1 aromatic heterocycles. The second-order valence-electron chi connectivity index (χ2n) is 2.23. The highest BCUT2D eigenvalue weighted by atomic mass is 35.5. The summed E-state index contributed by atoms with van der Waals surface area (Å²) in [6.07, 6.45) is 1.20. The van der Waals surface area contributed by atoms with Gasteiger partial charge in [0, 0.05) is 6.07 Å². The minimum Gasteiger partial charge on any atom is -0.481 e. The zero-order valence-corrected chi connectivity index (χ0v) is 8.67. The molecule has 78 valence electrons. The van der Waals surface area contributed by atoms with Crippen molar-refractivity contribution in [3.8, 4) is 11.6 Å². The number of hydrogen-bond acceptors (Lipinski definition) is 5. The predicted octanol–water partition coefficient (Wildman–Crippen LogP) is 0.326. The van der Waals surface area contributed by atoms with Crippen LogP contribution in [0.2, 0.25) is 5.02 Å². The third-order valence-electron chi connectivity index (χ3n) is 1.21. The van der Waals surface area contributed by atoms with Gasteiger partial charge in [-0.15, -0.1) is 0 Å². The van der Waals surface area contributed by atoms with E-state index in [4.69, 9.17) is 16.3 Å². The third kappa shape index (κ3) is 3.02. The van der Waals surface area contributed by atoms with Crippen molar-refractivity contribution in [1.29, 1.82) is 0 Å². The summed E-state index contributed by atoms with van der Waals surface area (Å²) < 4.78 is 30.3. The number of aromatic nitrogens is 1. The van der Waals surface area contributed by atoms with Gasteiger partial charge in [0.1, 0.15) is 5.02 Å². The van der Waals surface area contributed by atoms with Crippen LogP contribution in [0.3, 0.4) is 0 Å². The molecule has 0 aromatic carbocycles. The number of rotatable bonds is 3. The lowest BCUT2D eigenvalue weighted by molar-refractivity contribution is 0.395. The molecule has 0 aliphatic rings. The topological polar surface area (TPSA) is 91.5 Å². The quantitative estimate of drug-likeness (QED) is 0.819. The normalized spacial score (nSPS) is 11.1. The highest BCUT2D eigenvalue weighted by Gasteiger charge is 2.11. The average Bonchev–Trinajstić information content (AvgIpc) is 2.06. The van der Waals surface area contributed by atoms with Crippen molar-refractivity contribution in [2.24, 2.45) is 5.14 Å². The number of halogens is 1. The zero-order chi connectivity index (χ0) is 10.8. The van der Waals surface area contributed by atoms with Crippen LogP contribution >= 0.6 is 11.6 Å². The van der Waals surface area contributed by atoms with Gasteiger partial charge in [-0.3, -0.25) is 0 Å². The first-order chi connectivity index (χ1) is 6.42. The van der Waals surface area contributed by atoms with Gasteiger partial charge in [-0.25, -0.2) is 4.98 Å². The molecular formula is C6H7ClN2O4S. The summed E-state index contributed by atoms with van der Waals surface area (Å²) in [5, 5.41) is 4.69. The molecule has 0 spiro atoms. The number of nitrogens with two attached hydrogens (primary N) is 1. The predicted molar refractivity (Wildman–Crippen MR) is 49.5 cm³/mol. The van der Waals surface area contributed by atoms with E-state index in [-0.39, 0.29) is 16.7 Å². The molecule has 14 heavy (non-hydrogen) atoms. The van der Waals surface area contributed by atoms with Gasteiger partial charge < -0.3 is 8.92 Å². The molecule has 0 saturated heterocycles. The molecule has 0 bridgehead atoms. The molecule has 8 heteroatoms. The van der Waals surface area contributed by atoms with Crippen LogP contribution in [0.1, 0.15) is 0 Å². The lowest BCUT2D eigenvalue weighted by Crippen LogP contribution is -2.19. The second-order valence-corrected chi connectivity index (χ2v) is 3.79. The fourth-order valence-electron chi connectivity index (χ4n) is 0.703. The Hall–Kier alpha value is -1.05. The van der Waals surface area contributed by atoms with Gasteiger partial charge in [0.2, 0.25) is 5.88 Å². The lowest BCUT2D eigenvalue weighted by Gasteiger charge is -2.05. The van der Waals surface area contributed by atoms with E-state index in [9.17, 15) is 8.42 Å². The first kappa shape index (κ1) is 11.0. The van der Waals surface area contributed by atoms with Crippen LogP contribution in [-0.2, 0) is 10.3 Å². The molecule has 6 nitrogen and oxygen atoms in total. The molecule has 0 fully saturated rings. The lowest BCUT2D eigenvalue weighted by atomic mass is 10.4. The van der Waals surface area contributed by atoms with Crippen molar-refractivity contribution < 1.29 is 17.3 Å². The molecule has 0 saturated carbocycles. The average molecular weight is 239 g/mol. The summed E-state index contributed by atoms with van der Waals surface area (Å²) >= 11 is 5.60. The molecule has 1 aromatic rings. The number of methoxy groups -OCH3 is 1. The van der Waals surface area contributed by atoms with E-state index in [0.717, 1.165) is 0 Å². The smallest absolute Gasteiger partial charge is 0.380 e. The SMILES string of the molecule is COc1cc(OS(N)(=O)=O)c(Cl)cn1. The fraction of sp³-hybridized carbons (Fsp3) is 0.167. The van der Waals surface area contributed by atoms with Crippen LogP contribution in [0.5, 0.6) is 11.6 Å². The number of nitrogens with zero attached hydrogens (tertiary/aromatic N) is 1. The summed E-state index contributed by atoms with van der Waals surface area (Å²) in [6, 6.07) is 1.22. The largest absolute Gasteiger partial charge is 0.481 e. The maximum absolute atomic E-state index is 10.6. The molecule has 0 unspecified atom stereocenters. The zero-order valence-electron chi connectivity index (χ0n) is 7.10. The van der Waals surface area contributed by atoms with Crippen molar-refractivity contribution in [2.75, 3.05) is 7.11 Å². The van der Waals surface area contributed by atoms with E-state index in [2.05, 4.69) is 14.3 Å². The summed E-state index contributed by atoms with van der Waals surface area (Å²) in [4.78, 5) is 3.72. The summed E-state index contributed by atoms with van der Waals surface area (Å²) in [5.74, 6) is 0.0501. The van der Waals surface area contributed by atoms with Gasteiger partial charge in [-0.1, -0.05) is 11.6 Å². The molecule has 1 heterocycles. The Morgan fingerprint density at radius 1 is 1.57 bits per heavy atom. The molecule has 0 atom stereocenters. The fourth-order valence-corrected chi connectivity index (χ4v) is 1.28. The van der Waals surface area contributed by atoms with Crippen LogP contribution in [0.25, 0.3) is 0 Å². The Bertz CT molecular complexity index is 433. The number of hydrogen-bond donors (Lipinski definition) is 1. The van der Waals surface area contributed by atoms with Gasteiger partial charge in [0.25, 0.3) is 0 Å². The van der Waals surface area contributed by atoms with Crippen molar-refractivity contribution in [2.45, 2.75) is 0 Å². The minimum absolute atomic E-state index is 0.0276. The monoisotopic (exact) mass is 238 g/mol. The van der Waals surface area contributed by atoms with Crippen LogP contribution in [0, 0.1) is 0 Å². The maximum atomic E-state index is 10.6. The Kier molecular flexibility index (Phi) is 3.14. The van der Waals surface area contributed by atoms with Gasteiger partial charge >= 0.3 is 10.3 Å². The van der Waals surface area contributed by atoms with E-state index >= 15 is 0 Å². The van der Waals surface area contributed by atoms with E-state index in [1.807, 2.05) is 0 Å². The van der Waals surface area contributed by atoms with Crippen LogP contribution in [-0.4, -0.2) is 20.5 Å². The standard InChI is InChI=1S/C6H7ClN2O4S/c1-12-6-2-5(4(7)3-9-6)13-14(8,10)11/h2-3H,1H3,(H2,8,10,11). The van der Waals surface area contributed by atoms with E-state index in [1.54, 1.807) is 0 Å². The Labute approximate surface area is 85.9 Å². The van der Waals surface area contributed by atoms with E-state index in [0.29, 0.717) is 0 Å². The van der Waals surface area contributed by atoms with Gasteiger partial charge in [-0.05, 0) is 0 Å². The summed E-state index contributed by atoms with van der Waals surface area (Å²) in [7, 11) is -2.72. The highest BCUT2D eigenvalue weighted by molar-refractivity contribution is 7.84. The maximum Gasteiger partial charge on any atom is 0.380 e. The first-order valence-corrected chi connectivity index (χ1v) is 5.19. The number of pyridine rings is 1. The van der Waals surface area contributed by atoms with Crippen molar-refractivity contribution in [3.63, 3.8) is 0 Å². The molecule has 0 aliphatic heterocycles. The van der Waals surface area contributed by atoms with Crippen LogP contribution < -0.4 is 14.1 Å². The molecule has 1 rings (SSSR count). The Morgan fingerprint density at radius 3 is 2.71 bits per heavy atom. The number of ether oxygens (including phenoxy) is 1. The summed E-state index contributed by atoms with van der Waals surface area (Å²) in [6.45, 7) is 0. The molecular weight excluding hydrogens is 232 g/mol.